The number of carboxylic acids is 1. The Morgan fingerprint density at radius 3 is 2.41 bits per heavy atom. The number of nitrogens with zero attached hydrogens (tertiary/aromatic N) is 3. The first-order chi connectivity index (χ1) is 13.5. The van der Waals surface area contributed by atoms with E-state index in [1.165, 1.54) is 4.88 Å². The standard InChI is InChI=1S/C22H29N3O3S/c1-13(2)12-25(15-9-7-14(8-10-15)19(26)27)20-23-17-18(29-20)21(3,4)11-16(24-28)22(17,5)6/h7-10,13,16H,11-12H2,1-6H3,(H,26,27). The van der Waals surface area contributed by atoms with Gasteiger partial charge in [0.2, 0.25) is 0 Å². The van der Waals surface area contributed by atoms with Crippen molar-refractivity contribution in [3.05, 3.63) is 45.3 Å². The molecule has 1 aromatic heterocycles. The van der Waals surface area contributed by atoms with E-state index in [0.717, 1.165) is 23.1 Å². The van der Waals surface area contributed by atoms with Crippen LogP contribution in [0.1, 0.15) is 68.9 Å². The smallest absolute Gasteiger partial charge is 0.335 e. The number of hydrogen-bond donors (Lipinski definition) is 1. The lowest BCUT2D eigenvalue weighted by Gasteiger charge is -2.41. The second kappa shape index (κ2) is 7.52. The summed E-state index contributed by atoms with van der Waals surface area (Å²) in [7, 11) is 0. The highest BCUT2D eigenvalue weighted by molar-refractivity contribution is 7.16. The van der Waals surface area contributed by atoms with Gasteiger partial charge < -0.3 is 10.0 Å². The first-order valence-electron chi connectivity index (χ1n) is 9.92. The molecule has 0 saturated carbocycles. The van der Waals surface area contributed by atoms with Crippen molar-refractivity contribution in [1.82, 2.24) is 4.98 Å². The third-order valence-electron chi connectivity index (χ3n) is 5.71. The van der Waals surface area contributed by atoms with Crippen LogP contribution in [-0.4, -0.2) is 28.6 Å². The van der Waals surface area contributed by atoms with Crippen molar-refractivity contribution in [3.63, 3.8) is 0 Å². The van der Waals surface area contributed by atoms with E-state index in [9.17, 15) is 14.8 Å². The van der Waals surface area contributed by atoms with E-state index in [2.05, 4.69) is 37.8 Å². The fraction of sp³-hybridized carbons (Fsp3) is 0.545. The zero-order valence-electron chi connectivity index (χ0n) is 17.9. The average Bonchev–Trinajstić information content (AvgIpc) is 3.10. The van der Waals surface area contributed by atoms with Crippen LogP contribution in [0.25, 0.3) is 0 Å². The summed E-state index contributed by atoms with van der Waals surface area (Å²) in [6, 6.07) is 6.60. The normalized spacial score (nSPS) is 19.6. The first kappa shape index (κ1) is 21.4. The molecular weight excluding hydrogens is 386 g/mol. The van der Waals surface area contributed by atoms with Crippen LogP contribution in [-0.2, 0) is 10.8 Å². The highest BCUT2D eigenvalue weighted by Crippen LogP contribution is 2.51. The number of nitroso groups, excluding NO2 is 1. The number of carboxylic acid groups (broad SMARTS) is 1. The van der Waals surface area contributed by atoms with Crippen molar-refractivity contribution in [2.75, 3.05) is 11.4 Å². The predicted octanol–water partition coefficient (Wildman–Crippen LogP) is 5.73. The summed E-state index contributed by atoms with van der Waals surface area (Å²) in [5.41, 5.74) is 1.54. The van der Waals surface area contributed by atoms with Gasteiger partial charge in [-0.25, -0.2) is 9.78 Å². The van der Waals surface area contributed by atoms with Gasteiger partial charge in [0.1, 0.15) is 6.04 Å². The van der Waals surface area contributed by atoms with E-state index in [4.69, 9.17) is 4.98 Å². The van der Waals surface area contributed by atoms with Crippen LogP contribution in [0.3, 0.4) is 0 Å². The maximum atomic E-state index is 11.5. The summed E-state index contributed by atoms with van der Waals surface area (Å²) < 4.78 is 0. The average molecular weight is 416 g/mol. The molecule has 0 bridgehead atoms. The van der Waals surface area contributed by atoms with Crippen LogP contribution >= 0.6 is 11.3 Å². The van der Waals surface area contributed by atoms with Gasteiger partial charge in [0.05, 0.1) is 11.3 Å². The van der Waals surface area contributed by atoms with E-state index in [1.807, 2.05) is 26.0 Å². The number of hydrogen-bond acceptors (Lipinski definition) is 6. The Bertz CT molecular complexity index is 916. The lowest BCUT2D eigenvalue weighted by molar-refractivity contribution is 0.0697. The van der Waals surface area contributed by atoms with Gasteiger partial charge in [-0.05, 0) is 36.6 Å². The van der Waals surface area contributed by atoms with E-state index in [1.54, 1.807) is 23.5 Å². The van der Waals surface area contributed by atoms with Crippen molar-refractivity contribution in [1.29, 1.82) is 0 Å². The van der Waals surface area contributed by atoms with Crippen molar-refractivity contribution in [2.45, 2.75) is 64.8 Å². The molecule has 6 nitrogen and oxygen atoms in total. The number of fused-ring (bicyclic) bond motifs is 1. The van der Waals surface area contributed by atoms with Gasteiger partial charge in [-0.1, -0.05) is 46.7 Å². The molecule has 1 aliphatic rings. The van der Waals surface area contributed by atoms with E-state index in [0.29, 0.717) is 12.3 Å². The van der Waals surface area contributed by atoms with Crippen LogP contribution in [0.15, 0.2) is 29.4 Å². The Kier molecular flexibility index (Phi) is 5.56. The highest BCUT2D eigenvalue weighted by Gasteiger charge is 2.48. The molecule has 156 valence electrons. The van der Waals surface area contributed by atoms with Gasteiger partial charge in [-0.3, -0.25) is 0 Å². The Hall–Kier alpha value is -2.28. The number of carbonyl (C=O) groups is 1. The molecule has 0 saturated heterocycles. The second-order valence-corrected chi connectivity index (χ2v) is 10.4. The lowest BCUT2D eigenvalue weighted by atomic mass is 9.66. The molecule has 1 heterocycles. The van der Waals surface area contributed by atoms with Crippen LogP contribution in [0.4, 0.5) is 10.8 Å². The third kappa shape index (κ3) is 3.92. The zero-order chi connectivity index (χ0) is 21.6. The minimum Gasteiger partial charge on any atom is -0.478 e. The van der Waals surface area contributed by atoms with Gasteiger partial charge >= 0.3 is 5.97 Å². The van der Waals surface area contributed by atoms with E-state index < -0.39 is 11.4 Å². The topological polar surface area (TPSA) is 82.9 Å². The molecule has 0 amide bonds. The van der Waals surface area contributed by atoms with Crippen LogP contribution in [0, 0.1) is 10.8 Å². The molecule has 0 aliphatic heterocycles. The summed E-state index contributed by atoms with van der Waals surface area (Å²) in [6.45, 7) is 13.4. The van der Waals surface area contributed by atoms with Gasteiger partial charge in [0, 0.05) is 27.9 Å². The maximum Gasteiger partial charge on any atom is 0.335 e. The molecule has 1 N–H and O–H groups in total. The van der Waals surface area contributed by atoms with Gasteiger partial charge in [-0.2, -0.15) is 4.91 Å². The molecule has 0 fully saturated rings. The van der Waals surface area contributed by atoms with Crippen molar-refractivity contribution < 1.29 is 9.90 Å². The third-order valence-corrected chi connectivity index (χ3v) is 7.15. The molecule has 1 unspecified atom stereocenters. The van der Waals surface area contributed by atoms with Crippen LogP contribution in [0.2, 0.25) is 0 Å². The second-order valence-electron chi connectivity index (χ2n) is 9.46. The minimum absolute atomic E-state index is 0.171. The number of anilines is 2. The SMILES string of the molecule is CC(C)CN(c1ccc(C(=O)O)cc1)c1nc2c(s1)C(C)(C)CC(N=O)C2(C)C. The van der Waals surface area contributed by atoms with Crippen LogP contribution < -0.4 is 4.90 Å². The Morgan fingerprint density at radius 1 is 1.28 bits per heavy atom. The number of thiazole rings is 1. The fourth-order valence-corrected chi connectivity index (χ4v) is 5.30. The van der Waals surface area contributed by atoms with Crippen molar-refractivity contribution in [3.8, 4) is 0 Å². The molecule has 2 aromatic rings. The first-order valence-corrected chi connectivity index (χ1v) is 10.7. The molecule has 0 spiro atoms. The monoisotopic (exact) mass is 415 g/mol. The number of aromatic nitrogens is 1. The number of aromatic carboxylic acids is 1. The van der Waals surface area contributed by atoms with Crippen LogP contribution in [0.5, 0.6) is 0 Å². The summed E-state index contributed by atoms with van der Waals surface area (Å²) in [6.07, 6.45) is 0.704. The number of rotatable bonds is 6. The molecule has 29 heavy (non-hydrogen) atoms. The molecular formula is C22H29N3O3S. The quantitative estimate of drug-likeness (QED) is 0.609. The predicted molar refractivity (Wildman–Crippen MR) is 118 cm³/mol. The van der Waals surface area contributed by atoms with Gasteiger partial charge in [0.25, 0.3) is 0 Å². The fourth-order valence-electron chi connectivity index (χ4n) is 3.92. The summed E-state index contributed by atoms with van der Waals surface area (Å²) >= 11 is 1.67. The van der Waals surface area contributed by atoms with Crippen molar-refractivity contribution in [2.24, 2.45) is 11.1 Å². The van der Waals surface area contributed by atoms with Gasteiger partial charge in [0.15, 0.2) is 5.13 Å². The summed E-state index contributed by atoms with van der Waals surface area (Å²) in [5, 5.41) is 13.5. The maximum absolute atomic E-state index is 11.5. The molecule has 1 atom stereocenters. The molecule has 1 aliphatic carbocycles. The van der Waals surface area contributed by atoms with E-state index in [-0.39, 0.29) is 17.0 Å². The molecule has 1 aromatic carbocycles. The number of benzene rings is 1. The Labute approximate surface area is 175 Å². The van der Waals surface area contributed by atoms with Crippen molar-refractivity contribution >= 4 is 28.1 Å². The Balaban J connectivity index is 2.10. The lowest BCUT2D eigenvalue weighted by Crippen LogP contribution is -2.43. The molecule has 7 heteroatoms. The largest absolute Gasteiger partial charge is 0.478 e. The summed E-state index contributed by atoms with van der Waals surface area (Å²) in [4.78, 5) is 31.1. The molecule has 3 rings (SSSR count). The Morgan fingerprint density at radius 2 is 1.90 bits per heavy atom. The van der Waals surface area contributed by atoms with Gasteiger partial charge in [-0.15, -0.1) is 11.3 Å². The summed E-state index contributed by atoms with van der Waals surface area (Å²) in [5.74, 6) is -0.548. The minimum atomic E-state index is -0.937. The molecule has 0 radical (unpaired) electrons. The highest BCUT2D eigenvalue weighted by atomic mass is 32.1. The zero-order valence-corrected chi connectivity index (χ0v) is 18.7. The van der Waals surface area contributed by atoms with E-state index >= 15 is 0 Å².